The van der Waals surface area contributed by atoms with Crippen molar-refractivity contribution in [3.63, 3.8) is 0 Å². The first-order valence-electron chi connectivity index (χ1n) is 8.05. The Morgan fingerprint density at radius 2 is 1.33 bits per heavy atom. The first kappa shape index (κ1) is 18.3. The van der Waals surface area contributed by atoms with Crippen LogP contribution >= 0.6 is 0 Å². The van der Waals surface area contributed by atoms with E-state index < -0.39 is 11.8 Å². The van der Waals surface area contributed by atoms with E-state index in [1.165, 1.54) is 0 Å². The number of ether oxygens (including phenoxy) is 3. The first-order valence-corrected chi connectivity index (χ1v) is 8.05. The SMILES string of the molecule is CC(C)(C)OCC1CCC(COC(=O)OC(C)(C)C)CC1. The minimum atomic E-state index is -0.555. The van der Waals surface area contributed by atoms with Gasteiger partial charge in [0.15, 0.2) is 0 Å². The van der Waals surface area contributed by atoms with Crippen LogP contribution in [0.25, 0.3) is 0 Å². The minimum absolute atomic E-state index is 0.0589. The van der Waals surface area contributed by atoms with Crippen LogP contribution in [0.15, 0.2) is 0 Å². The van der Waals surface area contributed by atoms with Crippen molar-refractivity contribution in [1.29, 1.82) is 0 Å². The van der Waals surface area contributed by atoms with Gasteiger partial charge in [-0.3, -0.25) is 0 Å². The average Bonchev–Trinajstić information content (AvgIpc) is 2.32. The molecule has 1 aliphatic rings. The van der Waals surface area contributed by atoms with Gasteiger partial charge >= 0.3 is 6.16 Å². The Morgan fingerprint density at radius 3 is 1.76 bits per heavy atom. The third-order valence-corrected chi connectivity index (χ3v) is 3.54. The zero-order valence-electron chi connectivity index (χ0n) is 14.5. The molecular formula is C17H32O4. The maximum absolute atomic E-state index is 11.5. The highest BCUT2D eigenvalue weighted by Gasteiger charge is 2.25. The molecule has 0 bridgehead atoms. The Bertz CT molecular complexity index is 317. The van der Waals surface area contributed by atoms with Crippen molar-refractivity contribution in [2.45, 2.75) is 78.4 Å². The van der Waals surface area contributed by atoms with Gasteiger partial charge < -0.3 is 14.2 Å². The van der Waals surface area contributed by atoms with Crippen LogP contribution in [-0.4, -0.2) is 30.6 Å². The molecule has 124 valence electrons. The van der Waals surface area contributed by atoms with Gasteiger partial charge in [0.2, 0.25) is 0 Å². The predicted molar refractivity (Wildman–Crippen MR) is 83.3 cm³/mol. The Labute approximate surface area is 129 Å². The summed E-state index contributed by atoms with van der Waals surface area (Å²) in [5.41, 5.74) is -0.546. The molecule has 0 aromatic carbocycles. The lowest BCUT2D eigenvalue weighted by Crippen LogP contribution is -2.28. The van der Waals surface area contributed by atoms with E-state index in [9.17, 15) is 4.79 Å². The highest BCUT2D eigenvalue weighted by atomic mass is 16.7. The Kier molecular flexibility index (Phi) is 6.51. The molecule has 1 fully saturated rings. The number of hydrogen-bond acceptors (Lipinski definition) is 4. The molecule has 21 heavy (non-hydrogen) atoms. The van der Waals surface area contributed by atoms with Gasteiger partial charge in [-0.2, -0.15) is 0 Å². The summed E-state index contributed by atoms with van der Waals surface area (Å²) in [6, 6.07) is 0. The first-order chi connectivity index (χ1) is 9.55. The Hall–Kier alpha value is -0.770. The van der Waals surface area contributed by atoms with Crippen molar-refractivity contribution in [1.82, 2.24) is 0 Å². The van der Waals surface area contributed by atoms with E-state index in [1.807, 2.05) is 20.8 Å². The minimum Gasteiger partial charge on any atom is -0.434 e. The second-order valence-electron chi connectivity index (χ2n) is 8.09. The van der Waals surface area contributed by atoms with Gasteiger partial charge in [0.1, 0.15) is 5.60 Å². The van der Waals surface area contributed by atoms with Crippen LogP contribution in [0.4, 0.5) is 4.79 Å². The third-order valence-electron chi connectivity index (χ3n) is 3.54. The molecule has 0 saturated heterocycles. The number of hydrogen-bond donors (Lipinski definition) is 0. The Morgan fingerprint density at radius 1 is 0.857 bits per heavy atom. The molecule has 0 N–H and O–H groups in total. The molecule has 0 heterocycles. The summed E-state index contributed by atoms with van der Waals surface area (Å²) in [7, 11) is 0. The van der Waals surface area contributed by atoms with Crippen molar-refractivity contribution >= 4 is 6.16 Å². The van der Waals surface area contributed by atoms with E-state index in [0.29, 0.717) is 18.4 Å². The fourth-order valence-corrected chi connectivity index (χ4v) is 2.40. The van der Waals surface area contributed by atoms with Gasteiger partial charge in [0.25, 0.3) is 0 Å². The summed E-state index contributed by atoms with van der Waals surface area (Å²) in [6.07, 6.45) is 3.94. The van der Waals surface area contributed by atoms with Crippen molar-refractivity contribution < 1.29 is 19.0 Å². The van der Waals surface area contributed by atoms with Gasteiger partial charge in [-0.15, -0.1) is 0 Å². The smallest absolute Gasteiger partial charge is 0.434 e. The fraction of sp³-hybridized carbons (Fsp3) is 0.941. The average molecular weight is 300 g/mol. The number of rotatable bonds is 4. The molecule has 0 aromatic heterocycles. The van der Waals surface area contributed by atoms with Crippen molar-refractivity contribution in [2.75, 3.05) is 13.2 Å². The van der Waals surface area contributed by atoms with Gasteiger partial charge in [0.05, 0.1) is 18.8 Å². The molecular weight excluding hydrogens is 268 g/mol. The molecule has 1 rings (SSSR count). The van der Waals surface area contributed by atoms with Crippen LogP contribution in [0.2, 0.25) is 0 Å². The fourth-order valence-electron chi connectivity index (χ4n) is 2.40. The van der Waals surface area contributed by atoms with E-state index in [4.69, 9.17) is 14.2 Å². The summed E-state index contributed by atoms with van der Waals surface area (Å²) >= 11 is 0. The molecule has 4 nitrogen and oxygen atoms in total. The number of carbonyl (C=O) groups excluding carboxylic acids is 1. The predicted octanol–water partition coefficient (Wildman–Crippen LogP) is 4.56. The molecule has 0 amide bonds. The van der Waals surface area contributed by atoms with E-state index in [2.05, 4.69) is 20.8 Å². The van der Waals surface area contributed by atoms with Crippen LogP contribution in [0, 0.1) is 11.8 Å². The molecule has 4 heteroatoms. The largest absolute Gasteiger partial charge is 0.508 e. The topological polar surface area (TPSA) is 44.8 Å². The third kappa shape index (κ3) is 8.97. The zero-order valence-corrected chi connectivity index (χ0v) is 14.5. The van der Waals surface area contributed by atoms with Crippen LogP contribution in [-0.2, 0) is 14.2 Å². The van der Waals surface area contributed by atoms with Gasteiger partial charge in [-0.05, 0) is 79.1 Å². The van der Waals surface area contributed by atoms with E-state index in [-0.39, 0.29) is 5.60 Å². The molecule has 0 unspecified atom stereocenters. The molecule has 0 aliphatic heterocycles. The van der Waals surface area contributed by atoms with Crippen LogP contribution in [0.3, 0.4) is 0 Å². The highest BCUT2D eigenvalue weighted by molar-refractivity contribution is 5.60. The van der Waals surface area contributed by atoms with Gasteiger partial charge in [-0.25, -0.2) is 4.79 Å². The molecule has 1 saturated carbocycles. The maximum atomic E-state index is 11.5. The summed E-state index contributed by atoms with van der Waals surface area (Å²) in [4.78, 5) is 11.5. The standard InChI is InChI=1S/C17H32O4/c1-16(2,3)20-12-14-9-7-13(8-10-14)11-19-15(18)21-17(4,5)6/h13-14H,7-12H2,1-6H3. The summed E-state index contributed by atoms with van der Waals surface area (Å²) in [6.45, 7) is 13.1. The second-order valence-corrected chi connectivity index (χ2v) is 8.09. The van der Waals surface area contributed by atoms with E-state index in [0.717, 1.165) is 32.3 Å². The lowest BCUT2D eigenvalue weighted by molar-refractivity contribution is -0.0366. The maximum Gasteiger partial charge on any atom is 0.508 e. The second kappa shape index (κ2) is 7.48. The summed E-state index contributed by atoms with van der Waals surface area (Å²) in [5, 5.41) is 0. The summed E-state index contributed by atoms with van der Waals surface area (Å²) in [5.74, 6) is 1.10. The van der Waals surface area contributed by atoms with Crippen LogP contribution in [0.5, 0.6) is 0 Å². The van der Waals surface area contributed by atoms with Gasteiger partial charge in [-0.1, -0.05) is 0 Å². The molecule has 0 aromatic rings. The van der Waals surface area contributed by atoms with E-state index >= 15 is 0 Å². The Balaban J connectivity index is 2.17. The summed E-state index contributed by atoms with van der Waals surface area (Å²) < 4.78 is 16.2. The molecule has 0 atom stereocenters. The van der Waals surface area contributed by atoms with Crippen molar-refractivity contribution in [2.24, 2.45) is 11.8 Å². The van der Waals surface area contributed by atoms with Gasteiger partial charge in [0, 0.05) is 0 Å². The van der Waals surface area contributed by atoms with Crippen molar-refractivity contribution in [3.05, 3.63) is 0 Å². The number of carbonyl (C=O) groups is 1. The zero-order chi connectivity index (χ0) is 16.1. The van der Waals surface area contributed by atoms with Crippen molar-refractivity contribution in [3.8, 4) is 0 Å². The van der Waals surface area contributed by atoms with E-state index in [1.54, 1.807) is 0 Å². The molecule has 0 radical (unpaired) electrons. The monoisotopic (exact) mass is 300 g/mol. The molecule has 1 aliphatic carbocycles. The normalized spacial score (nSPS) is 23.7. The lowest BCUT2D eigenvalue weighted by atomic mass is 9.83. The quantitative estimate of drug-likeness (QED) is 0.714. The van der Waals surface area contributed by atoms with Crippen LogP contribution in [0.1, 0.15) is 67.2 Å². The van der Waals surface area contributed by atoms with Crippen LogP contribution < -0.4 is 0 Å². The molecule has 0 spiro atoms. The highest BCUT2D eigenvalue weighted by Crippen LogP contribution is 2.30. The lowest BCUT2D eigenvalue weighted by Gasteiger charge is -2.30.